The van der Waals surface area contributed by atoms with Gasteiger partial charge >= 0.3 is 0 Å². The van der Waals surface area contributed by atoms with Crippen LogP contribution < -0.4 is 11.1 Å². The summed E-state index contributed by atoms with van der Waals surface area (Å²) in [5, 5.41) is 2.90. The Labute approximate surface area is 133 Å². The van der Waals surface area contributed by atoms with Crippen LogP contribution in [0.15, 0.2) is 24.3 Å². The standard InChI is InChI=1S/C14H23N3O.2ClH/c1-4-11(2)17(3)9-8-16-14(18)12-6-5-7-13(15)10-12;;/h5-7,10-11H,4,8-9,15H2,1-3H3,(H,16,18);2*1H. The molecule has 0 aliphatic rings. The summed E-state index contributed by atoms with van der Waals surface area (Å²) < 4.78 is 0. The molecule has 1 aromatic rings. The Morgan fingerprint density at radius 3 is 2.60 bits per heavy atom. The summed E-state index contributed by atoms with van der Waals surface area (Å²) in [7, 11) is 2.07. The van der Waals surface area contributed by atoms with Gasteiger partial charge in [0, 0.05) is 30.4 Å². The van der Waals surface area contributed by atoms with Crippen molar-refractivity contribution in [2.75, 3.05) is 25.9 Å². The minimum absolute atomic E-state index is 0. The molecule has 1 aromatic carbocycles. The maximum atomic E-state index is 11.8. The Morgan fingerprint density at radius 2 is 2.05 bits per heavy atom. The lowest BCUT2D eigenvalue weighted by molar-refractivity contribution is 0.0947. The molecule has 20 heavy (non-hydrogen) atoms. The van der Waals surface area contributed by atoms with E-state index in [1.54, 1.807) is 24.3 Å². The fraction of sp³-hybridized carbons (Fsp3) is 0.500. The molecule has 0 aliphatic carbocycles. The van der Waals surface area contributed by atoms with Crippen LogP contribution in [0.2, 0.25) is 0 Å². The highest BCUT2D eigenvalue weighted by Crippen LogP contribution is 2.06. The zero-order valence-corrected chi connectivity index (χ0v) is 13.9. The van der Waals surface area contributed by atoms with E-state index in [1.807, 2.05) is 0 Å². The Morgan fingerprint density at radius 1 is 1.40 bits per heavy atom. The van der Waals surface area contributed by atoms with Gasteiger partial charge in [0.05, 0.1) is 0 Å². The third-order valence-corrected chi connectivity index (χ3v) is 3.24. The second kappa shape index (κ2) is 10.8. The molecule has 0 aromatic heterocycles. The number of amides is 1. The topological polar surface area (TPSA) is 58.4 Å². The first kappa shape index (κ1) is 21.3. The van der Waals surface area contributed by atoms with Gasteiger partial charge in [0.1, 0.15) is 0 Å². The molecule has 0 saturated heterocycles. The molecule has 0 aliphatic heterocycles. The number of anilines is 1. The number of halogens is 2. The van der Waals surface area contributed by atoms with Gasteiger partial charge < -0.3 is 16.0 Å². The molecule has 4 nitrogen and oxygen atoms in total. The van der Waals surface area contributed by atoms with Crippen LogP contribution in [-0.4, -0.2) is 37.0 Å². The quantitative estimate of drug-likeness (QED) is 0.792. The number of likely N-dealkylation sites (N-methyl/N-ethyl adjacent to an activating group) is 1. The number of carbonyl (C=O) groups is 1. The van der Waals surface area contributed by atoms with Crippen molar-refractivity contribution < 1.29 is 4.79 Å². The van der Waals surface area contributed by atoms with Crippen molar-refractivity contribution in [1.82, 2.24) is 10.2 Å². The first-order valence-electron chi connectivity index (χ1n) is 6.38. The van der Waals surface area contributed by atoms with Crippen molar-refractivity contribution in [3.05, 3.63) is 29.8 Å². The Balaban J connectivity index is 0. The van der Waals surface area contributed by atoms with E-state index < -0.39 is 0 Å². The number of carbonyl (C=O) groups excluding carboxylic acids is 1. The summed E-state index contributed by atoms with van der Waals surface area (Å²) in [5.74, 6) is -0.0696. The molecule has 6 heteroatoms. The Bertz CT molecular complexity index is 402. The fourth-order valence-electron chi connectivity index (χ4n) is 1.66. The van der Waals surface area contributed by atoms with Gasteiger partial charge in [0.25, 0.3) is 5.91 Å². The molecule has 0 radical (unpaired) electrons. The van der Waals surface area contributed by atoms with E-state index in [9.17, 15) is 4.79 Å². The van der Waals surface area contributed by atoms with Gasteiger partial charge in [-0.1, -0.05) is 13.0 Å². The van der Waals surface area contributed by atoms with Crippen molar-refractivity contribution in [2.24, 2.45) is 0 Å². The largest absolute Gasteiger partial charge is 0.399 e. The number of hydrogen-bond donors (Lipinski definition) is 2. The average molecular weight is 322 g/mol. The third kappa shape index (κ3) is 6.98. The predicted octanol–water partition coefficient (Wildman–Crippen LogP) is 2.57. The summed E-state index contributed by atoms with van der Waals surface area (Å²) in [6, 6.07) is 7.55. The van der Waals surface area contributed by atoms with Gasteiger partial charge in [-0.2, -0.15) is 0 Å². The molecule has 3 N–H and O–H groups in total. The van der Waals surface area contributed by atoms with E-state index in [2.05, 4.69) is 31.1 Å². The molecule has 0 heterocycles. The van der Waals surface area contributed by atoms with Crippen molar-refractivity contribution in [3.63, 3.8) is 0 Å². The number of nitrogens with one attached hydrogen (secondary N) is 1. The monoisotopic (exact) mass is 321 g/mol. The number of rotatable bonds is 6. The number of benzene rings is 1. The Kier molecular flexibility index (Phi) is 11.5. The lowest BCUT2D eigenvalue weighted by Crippen LogP contribution is -2.37. The van der Waals surface area contributed by atoms with E-state index in [0.717, 1.165) is 13.0 Å². The molecule has 0 fully saturated rings. The predicted molar refractivity (Wildman–Crippen MR) is 90.1 cm³/mol. The van der Waals surface area contributed by atoms with Gasteiger partial charge in [-0.3, -0.25) is 4.79 Å². The van der Waals surface area contributed by atoms with Crippen molar-refractivity contribution in [1.29, 1.82) is 0 Å². The molecule has 1 rings (SSSR count). The first-order chi connectivity index (χ1) is 8.54. The van der Waals surface area contributed by atoms with Gasteiger partial charge in [-0.15, -0.1) is 24.8 Å². The summed E-state index contributed by atoms with van der Waals surface area (Å²) in [5.41, 5.74) is 6.87. The van der Waals surface area contributed by atoms with E-state index in [-0.39, 0.29) is 30.7 Å². The van der Waals surface area contributed by atoms with Crippen LogP contribution in [0.1, 0.15) is 30.6 Å². The first-order valence-corrected chi connectivity index (χ1v) is 6.38. The maximum absolute atomic E-state index is 11.8. The van der Waals surface area contributed by atoms with E-state index in [4.69, 9.17) is 5.73 Å². The maximum Gasteiger partial charge on any atom is 0.251 e. The summed E-state index contributed by atoms with van der Waals surface area (Å²) in [4.78, 5) is 14.1. The Hall–Kier alpha value is -0.970. The molecular weight excluding hydrogens is 297 g/mol. The van der Waals surface area contributed by atoms with Crippen LogP contribution in [0, 0.1) is 0 Å². The second-order valence-corrected chi connectivity index (χ2v) is 4.62. The average Bonchev–Trinajstić information content (AvgIpc) is 2.37. The van der Waals surface area contributed by atoms with Crippen LogP contribution in [0.25, 0.3) is 0 Å². The van der Waals surface area contributed by atoms with E-state index in [0.29, 0.717) is 23.8 Å². The molecule has 0 saturated carbocycles. The summed E-state index contributed by atoms with van der Waals surface area (Å²) in [6.45, 7) is 5.84. The van der Waals surface area contributed by atoms with Crippen molar-refractivity contribution in [3.8, 4) is 0 Å². The van der Waals surface area contributed by atoms with E-state index in [1.165, 1.54) is 0 Å². The van der Waals surface area contributed by atoms with Crippen LogP contribution in [0.5, 0.6) is 0 Å². The minimum Gasteiger partial charge on any atom is -0.399 e. The van der Waals surface area contributed by atoms with Crippen LogP contribution in [0.3, 0.4) is 0 Å². The number of nitrogens with two attached hydrogens (primary N) is 1. The van der Waals surface area contributed by atoms with Crippen molar-refractivity contribution >= 4 is 36.4 Å². The zero-order valence-electron chi connectivity index (χ0n) is 12.3. The highest BCUT2D eigenvalue weighted by molar-refractivity contribution is 5.94. The normalized spacial score (nSPS) is 11.2. The zero-order chi connectivity index (χ0) is 13.5. The van der Waals surface area contributed by atoms with Crippen LogP contribution in [-0.2, 0) is 0 Å². The molecule has 116 valence electrons. The molecule has 1 atom stereocenters. The number of nitrogens with zero attached hydrogens (tertiary/aromatic N) is 1. The highest BCUT2D eigenvalue weighted by atomic mass is 35.5. The molecule has 0 bridgehead atoms. The van der Waals surface area contributed by atoms with Gasteiger partial charge in [-0.05, 0) is 38.6 Å². The summed E-state index contributed by atoms with van der Waals surface area (Å²) >= 11 is 0. The van der Waals surface area contributed by atoms with Gasteiger partial charge in [-0.25, -0.2) is 0 Å². The SMILES string of the molecule is CCC(C)N(C)CCNC(=O)c1cccc(N)c1.Cl.Cl. The molecule has 0 spiro atoms. The van der Waals surface area contributed by atoms with Crippen LogP contribution >= 0.6 is 24.8 Å². The number of nitrogen functional groups attached to an aromatic ring is 1. The van der Waals surface area contributed by atoms with Crippen molar-refractivity contribution in [2.45, 2.75) is 26.3 Å². The summed E-state index contributed by atoms with van der Waals surface area (Å²) in [6.07, 6.45) is 1.11. The molecule has 1 unspecified atom stereocenters. The minimum atomic E-state index is -0.0696. The lowest BCUT2D eigenvalue weighted by atomic mass is 10.2. The third-order valence-electron chi connectivity index (χ3n) is 3.24. The number of hydrogen-bond acceptors (Lipinski definition) is 3. The van der Waals surface area contributed by atoms with E-state index >= 15 is 0 Å². The second-order valence-electron chi connectivity index (χ2n) is 4.62. The molecule has 1 amide bonds. The fourth-order valence-corrected chi connectivity index (χ4v) is 1.66. The van der Waals surface area contributed by atoms with Gasteiger partial charge in [0.2, 0.25) is 0 Å². The molecular formula is C14H25Cl2N3O. The lowest BCUT2D eigenvalue weighted by Gasteiger charge is -2.23. The highest BCUT2D eigenvalue weighted by Gasteiger charge is 2.08. The van der Waals surface area contributed by atoms with Crippen LogP contribution in [0.4, 0.5) is 5.69 Å². The smallest absolute Gasteiger partial charge is 0.251 e. The van der Waals surface area contributed by atoms with Gasteiger partial charge in [0.15, 0.2) is 0 Å².